The van der Waals surface area contributed by atoms with Crippen LogP contribution in [0.15, 0.2) is 41.2 Å². The van der Waals surface area contributed by atoms with Crippen LogP contribution in [0.5, 0.6) is 11.6 Å². The van der Waals surface area contributed by atoms with Gasteiger partial charge in [0.25, 0.3) is 11.5 Å². The molecule has 0 radical (unpaired) electrons. The first-order valence-electron chi connectivity index (χ1n) is 12.2. The van der Waals surface area contributed by atoms with Crippen LogP contribution in [-0.4, -0.2) is 77.4 Å². The van der Waals surface area contributed by atoms with E-state index in [9.17, 15) is 14.4 Å². The monoisotopic (exact) mass is 506 g/mol. The van der Waals surface area contributed by atoms with E-state index in [1.807, 2.05) is 6.07 Å². The number of nitrogens with zero attached hydrogens (tertiary/aromatic N) is 5. The third-order valence-corrected chi connectivity index (χ3v) is 7.06. The summed E-state index contributed by atoms with van der Waals surface area (Å²) >= 11 is 0. The first kappa shape index (κ1) is 23.2. The number of amides is 2. The predicted octanol–water partition coefficient (Wildman–Crippen LogP) is 1.48. The first-order valence-corrected chi connectivity index (χ1v) is 12.2. The molecule has 37 heavy (non-hydrogen) atoms. The molecular formula is C25H26N6O6. The lowest BCUT2D eigenvalue weighted by molar-refractivity contribution is -0.118. The molecule has 2 unspecified atom stereocenters. The van der Waals surface area contributed by atoms with Gasteiger partial charge in [-0.05, 0) is 37.2 Å². The van der Waals surface area contributed by atoms with Gasteiger partial charge < -0.3 is 19.5 Å². The van der Waals surface area contributed by atoms with Crippen molar-refractivity contribution in [3.63, 3.8) is 0 Å². The zero-order chi connectivity index (χ0) is 25.5. The Morgan fingerprint density at radius 1 is 1.05 bits per heavy atom. The number of fused-ring (bicyclic) bond motifs is 3. The molecule has 3 aliphatic rings. The minimum absolute atomic E-state index is 0.0557. The zero-order valence-corrected chi connectivity index (χ0v) is 20.3. The molecule has 6 rings (SSSR count). The van der Waals surface area contributed by atoms with Crippen LogP contribution in [0, 0.1) is 5.92 Å². The molecule has 0 bridgehead atoms. The van der Waals surface area contributed by atoms with Crippen LogP contribution in [0.1, 0.15) is 6.42 Å². The number of ether oxygens (including phenoxy) is 3. The maximum Gasteiger partial charge on any atom is 0.415 e. The molecule has 1 N–H and O–H groups in total. The summed E-state index contributed by atoms with van der Waals surface area (Å²) in [5.74, 6) is 1.49. The molecular weight excluding hydrogens is 480 g/mol. The van der Waals surface area contributed by atoms with Crippen molar-refractivity contribution in [2.24, 2.45) is 5.92 Å². The molecule has 0 aromatic carbocycles. The number of likely N-dealkylation sites (tertiary alicyclic amines) is 1. The van der Waals surface area contributed by atoms with Crippen LogP contribution in [-0.2, 0) is 16.1 Å². The summed E-state index contributed by atoms with van der Waals surface area (Å²) in [6.45, 7) is 2.89. The molecule has 2 fully saturated rings. The van der Waals surface area contributed by atoms with Crippen molar-refractivity contribution in [3.8, 4) is 11.6 Å². The molecule has 12 nitrogen and oxygen atoms in total. The molecule has 2 amide bonds. The molecule has 3 aromatic rings. The summed E-state index contributed by atoms with van der Waals surface area (Å²) in [7, 11) is 1.55. The fraction of sp³-hybridized carbons (Fsp3) is 0.400. The van der Waals surface area contributed by atoms with E-state index in [4.69, 9.17) is 14.2 Å². The first-order chi connectivity index (χ1) is 18.0. The van der Waals surface area contributed by atoms with E-state index in [2.05, 4.69) is 20.2 Å². The van der Waals surface area contributed by atoms with Crippen molar-refractivity contribution < 1.29 is 23.8 Å². The van der Waals surface area contributed by atoms with E-state index < -0.39 is 6.09 Å². The number of piperidine rings is 1. The predicted molar refractivity (Wildman–Crippen MR) is 133 cm³/mol. The standard InChI is InChI=1S/C25H26N6O6/c1-35-21-6-2-15-3-7-22(33)30(24(15)28-21)11-10-29-9-8-16-12-31(25(34)37-18(16)13-29)19-5-4-17-23(26-19)27-20(32)14-36-17/h2-7,16,18H,8-14H2,1H3,(H,26,27,32). The van der Waals surface area contributed by atoms with Crippen molar-refractivity contribution in [1.29, 1.82) is 0 Å². The van der Waals surface area contributed by atoms with Gasteiger partial charge in [-0.3, -0.25) is 24.0 Å². The fourth-order valence-corrected chi connectivity index (χ4v) is 5.08. The number of rotatable bonds is 5. The topological polar surface area (TPSA) is 128 Å². The van der Waals surface area contributed by atoms with Gasteiger partial charge in [0.05, 0.1) is 7.11 Å². The second-order valence-corrected chi connectivity index (χ2v) is 9.32. The number of anilines is 2. The Balaban J connectivity index is 1.12. The fourth-order valence-electron chi connectivity index (χ4n) is 5.08. The van der Waals surface area contributed by atoms with Gasteiger partial charge in [-0.1, -0.05) is 0 Å². The van der Waals surface area contributed by atoms with Gasteiger partial charge in [0.15, 0.2) is 18.2 Å². The van der Waals surface area contributed by atoms with Crippen LogP contribution >= 0.6 is 0 Å². The van der Waals surface area contributed by atoms with Crippen molar-refractivity contribution in [2.45, 2.75) is 19.1 Å². The summed E-state index contributed by atoms with van der Waals surface area (Å²) in [5, 5.41) is 3.53. The summed E-state index contributed by atoms with van der Waals surface area (Å²) in [6, 6.07) is 10.3. The smallest absolute Gasteiger partial charge is 0.415 e. The SMILES string of the molecule is COc1ccc2ccc(=O)n(CCN3CCC4CN(c5ccc6c(n5)NC(=O)CO6)C(=O)OC4C3)c2n1. The third kappa shape index (κ3) is 4.44. The summed E-state index contributed by atoms with van der Waals surface area (Å²) in [4.78, 5) is 49.7. The highest BCUT2D eigenvalue weighted by Crippen LogP contribution is 2.33. The normalized spacial score (nSPS) is 21.5. The Hall–Kier alpha value is -4.19. The van der Waals surface area contributed by atoms with Crippen LogP contribution < -0.4 is 25.2 Å². The number of nitrogens with one attached hydrogen (secondary N) is 1. The number of hydrogen-bond acceptors (Lipinski definition) is 9. The highest BCUT2D eigenvalue weighted by atomic mass is 16.6. The van der Waals surface area contributed by atoms with E-state index in [1.54, 1.807) is 42.0 Å². The highest BCUT2D eigenvalue weighted by molar-refractivity contribution is 5.95. The molecule has 0 saturated carbocycles. The summed E-state index contributed by atoms with van der Waals surface area (Å²) in [5.41, 5.74) is 0.461. The largest absolute Gasteiger partial charge is 0.481 e. The van der Waals surface area contributed by atoms with Crippen LogP contribution in [0.25, 0.3) is 11.0 Å². The molecule has 0 aliphatic carbocycles. The molecule has 3 aliphatic heterocycles. The van der Waals surface area contributed by atoms with Gasteiger partial charge in [0.1, 0.15) is 17.6 Å². The van der Waals surface area contributed by atoms with Gasteiger partial charge in [0, 0.05) is 49.6 Å². The second-order valence-electron chi connectivity index (χ2n) is 9.32. The molecule has 2 atom stereocenters. The van der Waals surface area contributed by atoms with Crippen LogP contribution in [0.4, 0.5) is 16.4 Å². The van der Waals surface area contributed by atoms with E-state index in [0.29, 0.717) is 55.1 Å². The minimum atomic E-state index is -0.472. The van der Waals surface area contributed by atoms with Crippen LogP contribution in [0.2, 0.25) is 0 Å². The van der Waals surface area contributed by atoms with Gasteiger partial charge >= 0.3 is 6.09 Å². The van der Waals surface area contributed by atoms with Crippen molar-refractivity contribution >= 4 is 34.7 Å². The molecule has 12 heteroatoms. The number of carbonyl (C=O) groups is 2. The Morgan fingerprint density at radius 3 is 2.78 bits per heavy atom. The van der Waals surface area contributed by atoms with Crippen molar-refractivity contribution in [1.82, 2.24) is 19.4 Å². The number of aromatic nitrogens is 3. The Labute approximate surface area is 211 Å². The highest BCUT2D eigenvalue weighted by Gasteiger charge is 2.40. The quantitative estimate of drug-likeness (QED) is 0.547. The minimum Gasteiger partial charge on any atom is -0.481 e. The summed E-state index contributed by atoms with van der Waals surface area (Å²) < 4.78 is 18.1. The summed E-state index contributed by atoms with van der Waals surface area (Å²) in [6.07, 6.45) is 0.108. The number of hydrogen-bond donors (Lipinski definition) is 1. The average Bonchev–Trinajstić information content (AvgIpc) is 2.91. The second kappa shape index (κ2) is 9.36. The molecule has 6 heterocycles. The molecule has 3 aromatic heterocycles. The lowest BCUT2D eigenvalue weighted by atomic mass is 9.92. The maximum atomic E-state index is 12.9. The van der Waals surface area contributed by atoms with Gasteiger partial charge in [-0.2, -0.15) is 4.98 Å². The number of pyridine rings is 3. The van der Waals surface area contributed by atoms with Gasteiger partial charge in [0.2, 0.25) is 5.88 Å². The molecule has 192 valence electrons. The van der Waals surface area contributed by atoms with E-state index >= 15 is 0 Å². The van der Waals surface area contributed by atoms with E-state index in [0.717, 1.165) is 18.4 Å². The lowest BCUT2D eigenvalue weighted by Crippen LogP contribution is -2.56. The van der Waals surface area contributed by atoms with Crippen LogP contribution in [0.3, 0.4) is 0 Å². The van der Waals surface area contributed by atoms with E-state index in [1.165, 1.54) is 4.90 Å². The van der Waals surface area contributed by atoms with E-state index in [-0.39, 0.29) is 30.1 Å². The Kier molecular flexibility index (Phi) is 5.87. The van der Waals surface area contributed by atoms with Gasteiger partial charge in [-0.25, -0.2) is 9.78 Å². The Bertz CT molecular complexity index is 1440. The third-order valence-electron chi connectivity index (χ3n) is 7.06. The number of methoxy groups -OCH3 is 1. The average molecular weight is 507 g/mol. The molecule has 2 saturated heterocycles. The van der Waals surface area contributed by atoms with Gasteiger partial charge in [-0.15, -0.1) is 0 Å². The zero-order valence-electron chi connectivity index (χ0n) is 20.3. The molecule has 0 spiro atoms. The van der Waals surface area contributed by atoms with Crippen molar-refractivity contribution in [2.75, 3.05) is 50.1 Å². The van der Waals surface area contributed by atoms with Crippen molar-refractivity contribution in [3.05, 3.63) is 46.8 Å². The lowest BCUT2D eigenvalue weighted by Gasteiger charge is -2.43. The maximum absolute atomic E-state index is 12.9. The number of carbonyl (C=O) groups excluding carboxylic acids is 2. The Morgan fingerprint density at radius 2 is 1.92 bits per heavy atom.